The van der Waals surface area contributed by atoms with Crippen molar-refractivity contribution in [2.75, 3.05) is 6.61 Å². The summed E-state index contributed by atoms with van der Waals surface area (Å²) in [6.45, 7) is 1.65. The second kappa shape index (κ2) is 8.43. The monoisotopic (exact) mass is 361 g/mol. The fraction of sp³-hybridized carbons (Fsp3) is 0.222. The first-order valence-corrected chi connectivity index (χ1v) is 9.21. The molecule has 0 heterocycles. The van der Waals surface area contributed by atoms with Crippen molar-refractivity contribution in [1.29, 1.82) is 0 Å². The van der Waals surface area contributed by atoms with E-state index in [9.17, 15) is 18.0 Å². The molecular weight excluding hydrogens is 342 g/mol. The standard InChI is InChI=1S/C18H19NO5S/c1-14(20)15-7-5-10-17(13-15)25(22,23)19-18(21)11-6-12-24-16-8-3-2-4-9-16/h2-5,7-10,13H,6,11-12H2,1H3,(H,19,21). The quantitative estimate of drug-likeness (QED) is 0.576. The first-order chi connectivity index (χ1) is 11.9. The van der Waals surface area contributed by atoms with Crippen LogP contribution in [0.2, 0.25) is 0 Å². The van der Waals surface area contributed by atoms with Crippen LogP contribution < -0.4 is 9.46 Å². The van der Waals surface area contributed by atoms with Crippen molar-refractivity contribution >= 4 is 21.7 Å². The van der Waals surface area contributed by atoms with Gasteiger partial charge in [-0.15, -0.1) is 0 Å². The number of hydrogen-bond acceptors (Lipinski definition) is 5. The minimum atomic E-state index is -4.00. The molecule has 1 N–H and O–H groups in total. The molecule has 0 aromatic heterocycles. The number of carbonyl (C=O) groups is 2. The third-order valence-corrected chi connectivity index (χ3v) is 4.73. The summed E-state index contributed by atoms with van der Waals surface area (Å²) in [5.41, 5.74) is 0.270. The molecular formula is C18H19NO5S. The van der Waals surface area contributed by atoms with E-state index < -0.39 is 15.9 Å². The maximum Gasteiger partial charge on any atom is 0.264 e. The van der Waals surface area contributed by atoms with Crippen molar-refractivity contribution < 1.29 is 22.7 Å². The Morgan fingerprint density at radius 1 is 1.04 bits per heavy atom. The lowest BCUT2D eigenvalue weighted by Crippen LogP contribution is -2.30. The molecule has 6 nitrogen and oxygen atoms in total. The number of hydrogen-bond donors (Lipinski definition) is 1. The van der Waals surface area contributed by atoms with E-state index in [1.165, 1.54) is 31.2 Å². The van der Waals surface area contributed by atoms with Gasteiger partial charge in [0.25, 0.3) is 10.0 Å². The van der Waals surface area contributed by atoms with E-state index in [1.54, 1.807) is 12.1 Å². The van der Waals surface area contributed by atoms with Crippen molar-refractivity contribution in [3.63, 3.8) is 0 Å². The SMILES string of the molecule is CC(=O)c1cccc(S(=O)(=O)NC(=O)CCCOc2ccccc2)c1. The minimum Gasteiger partial charge on any atom is -0.494 e. The van der Waals surface area contributed by atoms with Crippen LogP contribution in [0.15, 0.2) is 59.5 Å². The summed E-state index contributed by atoms with van der Waals surface area (Å²) in [6.07, 6.45) is 0.391. The van der Waals surface area contributed by atoms with E-state index in [4.69, 9.17) is 4.74 Å². The number of para-hydroxylation sites is 1. The Bertz CT molecular complexity index is 847. The first-order valence-electron chi connectivity index (χ1n) is 7.73. The van der Waals surface area contributed by atoms with Crippen LogP contribution in [0.4, 0.5) is 0 Å². The summed E-state index contributed by atoms with van der Waals surface area (Å²) >= 11 is 0. The molecule has 132 valence electrons. The van der Waals surface area contributed by atoms with Gasteiger partial charge in [-0.2, -0.15) is 0 Å². The Morgan fingerprint density at radius 3 is 2.44 bits per heavy atom. The van der Waals surface area contributed by atoms with Gasteiger partial charge < -0.3 is 4.74 Å². The molecule has 0 saturated carbocycles. The highest BCUT2D eigenvalue weighted by atomic mass is 32.2. The topological polar surface area (TPSA) is 89.5 Å². The van der Waals surface area contributed by atoms with E-state index >= 15 is 0 Å². The summed E-state index contributed by atoms with van der Waals surface area (Å²) in [4.78, 5) is 23.1. The normalized spacial score (nSPS) is 10.9. The molecule has 7 heteroatoms. The van der Waals surface area contributed by atoms with Crippen molar-refractivity contribution in [1.82, 2.24) is 4.72 Å². The fourth-order valence-electron chi connectivity index (χ4n) is 2.08. The Labute approximate surface area is 146 Å². The summed E-state index contributed by atoms with van der Waals surface area (Å²) in [5.74, 6) is -0.178. The molecule has 0 aliphatic rings. The Morgan fingerprint density at radius 2 is 1.76 bits per heavy atom. The lowest BCUT2D eigenvalue weighted by Gasteiger charge is -2.08. The van der Waals surface area contributed by atoms with Gasteiger partial charge in [-0.1, -0.05) is 30.3 Å². The van der Waals surface area contributed by atoms with Crippen LogP contribution in [-0.4, -0.2) is 26.7 Å². The van der Waals surface area contributed by atoms with E-state index in [-0.39, 0.29) is 22.7 Å². The number of Topliss-reactive ketones (excluding diaryl/α,β-unsaturated/α-hetero) is 1. The van der Waals surface area contributed by atoms with Gasteiger partial charge in [0, 0.05) is 12.0 Å². The van der Waals surface area contributed by atoms with Crippen molar-refractivity contribution in [2.45, 2.75) is 24.7 Å². The van der Waals surface area contributed by atoms with Crippen molar-refractivity contribution in [3.8, 4) is 5.75 Å². The lowest BCUT2D eigenvalue weighted by atomic mass is 10.2. The van der Waals surface area contributed by atoms with Gasteiger partial charge in [-0.3, -0.25) is 9.59 Å². The van der Waals surface area contributed by atoms with Gasteiger partial charge in [0.15, 0.2) is 5.78 Å². The van der Waals surface area contributed by atoms with Crippen LogP contribution in [0, 0.1) is 0 Å². The van der Waals surface area contributed by atoms with E-state index in [0.717, 1.165) is 0 Å². The van der Waals surface area contributed by atoms with Crippen LogP contribution in [0.5, 0.6) is 5.75 Å². The average molecular weight is 361 g/mol. The number of carbonyl (C=O) groups excluding carboxylic acids is 2. The zero-order valence-corrected chi connectivity index (χ0v) is 14.6. The summed E-state index contributed by atoms with van der Waals surface area (Å²) in [6, 6.07) is 14.7. The Kier molecular flexibility index (Phi) is 6.30. The molecule has 0 aliphatic carbocycles. The van der Waals surface area contributed by atoms with Gasteiger partial charge in [-0.25, -0.2) is 13.1 Å². The van der Waals surface area contributed by atoms with Gasteiger partial charge in [0.1, 0.15) is 5.75 Å². The smallest absolute Gasteiger partial charge is 0.264 e. The summed E-state index contributed by atoms with van der Waals surface area (Å²) < 4.78 is 31.8. The first kappa shape index (κ1) is 18.7. The van der Waals surface area contributed by atoms with Gasteiger partial charge in [0.2, 0.25) is 5.91 Å². The number of ketones is 1. The zero-order valence-electron chi connectivity index (χ0n) is 13.8. The van der Waals surface area contributed by atoms with E-state index in [2.05, 4.69) is 0 Å². The van der Waals surface area contributed by atoms with Crippen LogP contribution in [0.25, 0.3) is 0 Å². The van der Waals surface area contributed by atoms with Gasteiger partial charge in [0.05, 0.1) is 11.5 Å². The molecule has 2 rings (SSSR count). The van der Waals surface area contributed by atoms with Crippen LogP contribution >= 0.6 is 0 Å². The molecule has 1 amide bonds. The van der Waals surface area contributed by atoms with Crippen LogP contribution in [0.1, 0.15) is 30.1 Å². The maximum atomic E-state index is 12.2. The number of sulfonamides is 1. The predicted molar refractivity (Wildman–Crippen MR) is 92.9 cm³/mol. The maximum absolute atomic E-state index is 12.2. The highest BCUT2D eigenvalue weighted by Gasteiger charge is 2.18. The summed E-state index contributed by atoms with van der Waals surface area (Å²) in [5, 5.41) is 0. The molecule has 0 fully saturated rings. The Hall–Kier alpha value is -2.67. The van der Waals surface area contributed by atoms with E-state index in [0.29, 0.717) is 18.8 Å². The molecule has 0 atom stereocenters. The largest absolute Gasteiger partial charge is 0.494 e. The fourth-order valence-corrected chi connectivity index (χ4v) is 3.14. The van der Waals surface area contributed by atoms with E-state index in [1.807, 2.05) is 22.9 Å². The predicted octanol–water partition coefficient (Wildman–Crippen LogP) is 2.55. The third-order valence-electron chi connectivity index (χ3n) is 3.36. The average Bonchev–Trinajstić information content (AvgIpc) is 2.59. The molecule has 25 heavy (non-hydrogen) atoms. The molecule has 0 unspecified atom stereocenters. The van der Waals surface area contributed by atoms with Crippen molar-refractivity contribution in [2.24, 2.45) is 0 Å². The zero-order chi connectivity index (χ0) is 18.3. The molecule has 0 aliphatic heterocycles. The summed E-state index contributed by atoms with van der Waals surface area (Å²) in [7, 11) is -4.00. The Balaban J connectivity index is 1.86. The molecule has 0 radical (unpaired) electrons. The second-order valence-electron chi connectivity index (χ2n) is 5.38. The molecule has 0 saturated heterocycles. The number of amides is 1. The lowest BCUT2D eigenvalue weighted by molar-refractivity contribution is -0.119. The molecule has 2 aromatic carbocycles. The highest BCUT2D eigenvalue weighted by Crippen LogP contribution is 2.13. The number of nitrogens with one attached hydrogen (secondary N) is 1. The highest BCUT2D eigenvalue weighted by molar-refractivity contribution is 7.90. The number of benzene rings is 2. The van der Waals surface area contributed by atoms with Crippen molar-refractivity contribution in [3.05, 3.63) is 60.2 Å². The molecule has 0 bridgehead atoms. The van der Waals surface area contributed by atoms with Crippen LogP contribution in [0.3, 0.4) is 0 Å². The third kappa shape index (κ3) is 5.72. The number of rotatable bonds is 8. The minimum absolute atomic E-state index is 0.0124. The van der Waals surface area contributed by atoms with Gasteiger partial charge >= 0.3 is 0 Å². The molecule has 2 aromatic rings. The van der Waals surface area contributed by atoms with Gasteiger partial charge in [-0.05, 0) is 37.6 Å². The number of ether oxygens (including phenoxy) is 1. The van der Waals surface area contributed by atoms with Crippen LogP contribution in [-0.2, 0) is 14.8 Å². The molecule has 0 spiro atoms. The second-order valence-corrected chi connectivity index (χ2v) is 7.06.